The van der Waals surface area contributed by atoms with E-state index in [1.807, 2.05) is 0 Å². The molecular formula is C17H31NOS. The van der Waals surface area contributed by atoms with Crippen molar-refractivity contribution < 1.29 is 4.74 Å². The molecule has 2 heterocycles. The second-order valence-electron chi connectivity index (χ2n) is 7.35. The molecule has 0 bridgehead atoms. The molecule has 0 amide bonds. The summed E-state index contributed by atoms with van der Waals surface area (Å²) in [6.07, 6.45) is 10.6. The van der Waals surface area contributed by atoms with E-state index in [1.165, 1.54) is 62.9 Å². The van der Waals surface area contributed by atoms with Crippen LogP contribution in [0.25, 0.3) is 0 Å². The zero-order chi connectivity index (χ0) is 14.0. The van der Waals surface area contributed by atoms with Crippen LogP contribution in [0, 0.1) is 17.8 Å². The predicted molar refractivity (Wildman–Crippen MR) is 87.1 cm³/mol. The van der Waals surface area contributed by atoms with Gasteiger partial charge in [0.05, 0.1) is 5.60 Å². The zero-order valence-electron chi connectivity index (χ0n) is 13.0. The van der Waals surface area contributed by atoms with E-state index in [4.69, 9.17) is 10.5 Å². The average molecular weight is 298 g/mol. The van der Waals surface area contributed by atoms with E-state index < -0.39 is 0 Å². The van der Waals surface area contributed by atoms with Gasteiger partial charge in [0.2, 0.25) is 0 Å². The molecule has 2 N–H and O–H groups in total. The molecule has 1 saturated carbocycles. The Bertz CT molecular complexity index is 308. The molecule has 3 unspecified atom stereocenters. The number of hydrogen-bond donors (Lipinski definition) is 1. The topological polar surface area (TPSA) is 35.2 Å². The van der Waals surface area contributed by atoms with Crippen molar-refractivity contribution in [1.82, 2.24) is 0 Å². The lowest BCUT2D eigenvalue weighted by atomic mass is 9.71. The molecule has 1 spiro atoms. The quantitative estimate of drug-likeness (QED) is 0.860. The Labute approximate surface area is 128 Å². The van der Waals surface area contributed by atoms with Crippen LogP contribution >= 0.6 is 11.8 Å². The molecule has 1 aliphatic carbocycles. The highest BCUT2D eigenvalue weighted by molar-refractivity contribution is 7.99. The third-order valence-corrected chi connectivity index (χ3v) is 7.38. The highest BCUT2D eigenvalue weighted by Gasteiger charge is 2.43. The molecule has 2 nitrogen and oxygen atoms in total. The third-order valence-electron chi connectivity index (χ3n) is 6.16. The largest absolute Gasteiger partial charge is 0.374 e. The number of nitrogens with two attached hydrogens (primary N) is 1. The van der Waals surface area contributed by atoms with Gasteiger partial charge in [-0.15, -0.1) is 0 Å². The van der Waals surface area contributed by atoms with Crippen LogP contribution in [0.4, 0.5) is 0 Å². The number of ether oxygens (including phenoxy) is 1. The Hall–Kier alpha value is 0.270. The summed E-state index contributed by atoms with van der Waals surface area (Å²) in [4.78, 5) is 0. The summed E-state index contributed by atoms with van der Waals surface area (Å²) in [6.45, 7) is 3.29. The van der Waals surface area contributed by atoms with Crippen LogP contribution in [0.3, 0.4) is 0 Å². The lowest BCUT2D eigenvalue weighted by Gasteiger charge is -2.43. The second kappa shape index (κ2) is 6.58. The zero-order valence-corrected chi connectivity index (χ0v) is 13.8. The van der Waals surface area contributed by atoms with Crippen molar-refractivity contribution in [2.75, 3.05) is 18.1 Å². The first-order chi connectivity index (χ1) is 9.72. The van der Waals surface area contributed by atoms with Gasteiger partial charge in [0.25, 0.3) is 0 Å². The molecule has 3 heteroatoms. The van der Waals surface area contributed by atoms with Crippen LogP contribution < -0.4 is 5.73 Å². The number of thioether (sulfide) groups is 1. The Morgan fingerprint density at radius 1 is 1.20 bits per heavy atom. The van der Waals surface area contributed by atoms with Gasteiger partial charge in [-0.3, -0.25) is 0 Å². The van der Waals surface area contributed by atoms with E-state index in [-0.39, 0.29) is 5.60 Å². The maximum Gasteiger partial charge on any atom is 0.0783 e. The van der Waals surface area contributed by atoms with Crippen LogP contribution in [-0.2, 0) is 4.74 Å². The molecule has 0 aromatic carbocycles. The summed E-state index contributed by atoms with van der Waals surface area (Å²) >= 11 is 2.07. The van der Waals surface area contributed by atoms with Crippen molar-refractivity contribution in [3.05, 3.63) is 0 Å². The van der Waals surface area contributed by atoms with Crippen LogP contribution in [-0.4, -0.2) is 29.8 Å². The van der Waals surface area contributed by atoms with E-state index in [1.54, 1.807) is 0 Å². The van der Waals surface area contributed by atoms with Gasteiger partial charge in [0.15, 0.2) is 0 Å². The Morgan fingerprint density at radius 3 is 2.65 bits per heavy atom. The molecular weight excluding hydrogens is 266 g/mol. The lowest BCUT2D eigenvalue weighted by molar-refractivity contribution is -0.0870. The molecule has 2 saturated heterocycles. The van der Waals surface area contributed by atoms with Crippen LogP contribution in [0.15, 0.2) is 0 Å². The average Bonchev–Trinajstić information content (AvgIpc) is 2.94. The fraction of sp³-hybridized carbons (Fsp3) is 1.00. The SMILES string of the molecule is CCC1CCC(C(N)C2CCOC3(CCSC3)C2)CC1. The van der Waals surface area contributed by atoms with Gasteiger partial charge in [0.1, 0.15) is 0 Å². The van der Waals surface area contributed by atoms with Gasteiger partial charge >= 0.3 is 0 Å². The normalized spacial score (nSPS) is 43.8. The maximum absolute atomic E-state index is 6.70. The van der Waals surface area contributed by atoms with E-state index in [0.717, 1.165) is 18.4 Å². The van der Waals surface area contributed by atoms with E-state index in [9.17, 15) is 0 Å². The van der Waals surface area contributed by atoms with Crippen molar-refractivity contribution >= 4 is 11.8 Å². The Morgan fingerprint density at radius 2 is 2.00 bits per heavy atom. The first-order valence-corrected chi connectivity index (χ1v) is 9.85. The summed E-state index contributed by atoms with van der Waals surface area (Å²) in [5, 5.41) is 0. The second-order valence-corrected chi connectivity index (χ2v) is 8.46. The standard InChI is InChI=1S/C17H31NOS/c1-2-13-3-5-14(6-4-13)16(18)15-7-9-19-17(11-15)8-10-20-12-17/h13-16H,2-12,18H2,1H3. The minimum atomic E-state index is 0.200. The van der Waals surface area contributed by atoms with Gasteiger partial charge in [-0.25, -0.2) is 0 Å². The maximum atomic E-state index is 6.70. The van der Waals surface area contributed by atoms with Gasteiger partial charge in [-0.05, 0) is 55.6 Å². The highest BCUT2D eigenvalue weighted by atomic mass is 32.2. The van der Waals surface area contributed by atoms with Crippen molar-refractivity contribution in [3.8, 4) is 0 Å². The molecule has 20 heavy (non-hydrogen) atoms. The molecule has 116 valence electrons. The highest BCUT2D eigenvalue weighted by Crippen LogP contribution is 2.43. The summed E-state index contributed by atoms with van der Waals surface area (Å²) in [5.74, 6) is 4.96. The molecule has 0 aromatic heterocycles. The van der Waals surface area contributed by atoms with Crippen LogP contribution in [0.5, 0.6) is 0 Å². The number of rotatable bonds is 3. The molecule has 2 aliphatic heterocycles. The first-order valence-electron chi connectivity index (χ1n) is 8.70. The predicted octanol–water partition coefficient (Wildman–Crippen LogP) is 3.83. The van der Waals surface area contributed by atoms with Gasteiger partial charge < -0.3 is 10.5 Å². The van der Waals surface area contributed by atoms with Crippen LogP contribution in [0.2, 0.25) is 0 Å². The molecule has 0 radical (unpaired) electrons. The van der Waals surface area contributed by atoms with E-state index in [0.29, 0.717) is 12.0 Å². The summed E-state index contributed by atoms with van der Waals surface area (Å²) in [7, 11) is 0. The lowest BCUT2D eigenvalue weighted by Crippen LogP contribution is -2.48. The summed E-state index contributed by atoms with van der Waals surface area (Å²) in [6, 6.07) is 0.430. The summed E-state index contributed by atoms with van der Waals surface area (Å²) < 4.78 is 6.15. The molecule has 3 atom stereocenters. The van der Waals surface area contributed by atoms with Crippen LogP contribution in [0.1, 0.15) is 58.3 Å². The summed E-state index contributed by atoms with van der Waals surface area (Å²) in [5.41, 5.74) is 6.90. The van der Waals surface area contributed by atoms with E-state index >= 15 is 0 Å². The van der Waals surface area contributed by atoms with Gasteiger partial charge in [0, 0.05) is 18.4 Å². The first kappa shape index (κ1) is 15.2. The smallest absolute Gasteiger partial charge is 0.0783 e. The van der Waals surface area contributed by atoms with Crippen molar-refractivity contribution in [2.45, 2.75) is 69.9 Å². The van der Waals surface area contributed by atoms with Crippen molar-refractivity contribution in [2.24, 2.45) is 23.5 Å². The minimum absolute atomic E-state index is 0.200. The third kappa shape index (κ3) is 3.20. The Balaban J connectivity index is 1.55. The fourth-order valence-electron chi connectivity index (χ4n) is 4.62. The van der Waals surface area contributed by atoms with Crippen molar-refractivity contribution in [1.29, 1.82) is 0 Å². The number of hydrogen-bond acceptors (Lipinski definition) is 3. The molecule has 3 fully saturated rings. The van der Waals surface area contributed by atoms with Crippen molar-refractivity contribution in [3.63, 3.8) is 0 Å². The minimum Gasteiger partial charge on any atom is -0.374 e. The Kier molecular flexibility index (Phi) is 4.99. The molecule has 0 aromatic rings. The van der Waals surface area contributed by atoms with Gasteiger partial charge in [-0.2, -0.15) is 11.8 Å². The molecule has 3 aliphatic rings. The van der Waals surface area contributed by atoms with Gasteiger partial charge in [-0.1, -0.05) is 26.2 Å². The van der Waals surface area contributed by atoms with E-state index in [2.05, 4.69) is 18.7 Å². The monoisotopic (exact) mass is 297 g/mol. The molecule has 3 rings (SSSR count). The fourth-order valence-corrected chi connectivity index (χ4v) is 6.00.